The Bertz CT molecular complexity index is 625. The SMILES string of the molecule is COc1cccc(C(O)CNC2CCN(c3ccccc3)CC2)c1. The summed E-state index contributed by atoms with van der Waals surface area (Å²) >= 11 is 0. The molecule has 0 saturated carbocycles. The molecule has 1 heterocycles. The number of rotatable bonds is 6. The van der Waals surface area contributed by atoms with Crippen LogP contribution in [-0.2, 0) is 0 Å². The molecule has 1 saturated heterocycles. The lowest BCUT2D eigenvalue weighted by Crippen LogP contribution is -2.43. The number of anilines is 1. The minimum absolute atomic E-state index is 0.463. The van der Waals surface area contributed by atoms with Crippen LogP contribution in [0.25, 0.3) is 0 Å². The Kier molecular flexibility index (Phi) is 5.72. The Hall–Kier alpha value is -2.04. The van der Waals surface area contributed by atoms with Crippen LogP contribution < -0.4 is 15.0 Å². The van der Waals surface area contributed by atoms with E-state index in [2.05, 4.69) is 40.5 Å². The lowest BCUT2D eigenvalue weighted by Gasteiger charge is -2.34. The van der Waals surface area contributed by atoms with E-state index in [4.69, 9.17) is 4.74 Å². The second-order valence-corrected chi connectivity index (χ2v) is 6.30. The van der Waals surface area contributed by atoms with Gasteiger partial charge in [-0.05, 0) is 42.7 Å². The molecule has 24 heavy (non-hydrogen) atoms. The smallest absolute Gasteiger partial charge is 0.119 e. The van der Waals surface area contributed by atoms with E-state index >= 15 is 0 Å². The average Bonchev–Trinajstić information content (AvgIpc) is 2.67. The maximum Gasteiger partial charge on any atom is 0.119 e. The highest BCUT2D eigenvalue weighted by Gasteiger charge is 2.20. The van der Waals surface area contributed by atoms with Crippen LogP contribution in [0.5, 0.6) is 5.75 Å². The van der Waals surface area contributed by atoms with E-state index in [0.29, 0.717) is 12.6 Å². The van der Waals surface area contributed by atoms with E-state index in [0.717, 1.165) is 37.2 Å². The summed E-state index contributed by atoms with van der Waals surface area (Å²) in [5, 5.41) is 13.9. The van der Waals surface area contributed by atoms with Crippen LogP contribution in [0.3, 0.4) is 0 Å². The third-order valence-corrected chi connectivity index (χ3v) is 4.69. The fourth-order valence-electron chi connectivity index (χ4n) is 3.23. The number of ether oxygens (including phenoxy) is 1. The normalized spacial score (nSPS) is 16.8. The molecule has 1 unspecified atom stereocenters. The molecular formula is C20H26N2O2. The number of methoxy groups -OCH3 is 1. The molecule has 0 aromatic heterocycles. The van der Waals surface area contributed by atoms with Crippen molar-refractivity contribution in [2.75, 3.05) is 31.6 Å². The average molecular weight is 326 g/mol. The number of para-hydroxylation sites is 1. The lowest BCUT2D eigenvalue weighted by atomic mass is 10.0. The highest BCUT2D eigenvalue weighted by atomic mass is 16.5. The summed E-state index contributed by atoms with van der Waals surface area (Å²) in [6, 6.07) is 18.7. The first-order valence-corrected chi connectivity index (χ1v) is 8.61. The third-order valence-electron chi connectivity index (χ3n) is 4.69. The number of hydrogen-bond acceptors (Lipinski definition) is 4. The van der Waals surface area contributed by atoms with Gasteiger partial charge in [-0.25, -0.2) is 0 Å². The van der Waals surface area contributed by atoms with E-state index in [1.165, 1.54) is 5.69 Å². The molecule has 4 nitrogen and oxygen atoms in total. The largest absolute Gasteiger partial charge is 0.497 e. The molecule has 2 N–H and O–H groups in total. The number of benzene rings is 2. The molecule has 0 radical (unpaired) electrons. The first kappa shape index (κ1) is 16.8. The van der Waals surface area contributed by atoms with Crippen LogP contribution in [0.4, 0.5) is 5.69 Å². The molecule has 0 spiro atoms. The standard InChI is InChI=1S/C20H26N2O2/c1-24-19-9-5-6-16(14-19)20(23)15-21-17-10-12-22(13-11-17)18-7-3-2-4-8-18/h2-9,14,17,20-21,23H,10-13,15H2,1H3. The Morgan fingerprint density at radius 1 is 1.12 bits per heavy atom. The minimum atomic E-state index is -0.507. The van der Waals surface area contributed by atoms with Gasteiger partial charge >= 0.3 is 0 Å². The summed E-state index contributed by atoms with van der Waals surface area (Å²) in [5.74, 6) is 0.780. The quantitative estimate of drug-likeness (QED) is 0.856. The van der Waals surface area contributed by atoms with Crippen molar-refractivity contribution in [1.29, 1.82) is 0 Å². The van der Waals surface area contributed by atoms with Crippen LogP contribution in [0.1, 0.15) is 24.5 Å². The van der Waals surface area contributed by atoms with Crippen LogP contribution >= 0.6 is 0 Å². The molecule has 2 aromatic rings. The Morgan fingerprint density at radius 3 is 2.58 bits per heavy atom. The zero-order valence-electron chi connectivity index (χ0n) is 14.2. The molecule has 0 amide bonds. The van der Waals surface area contributed by atoms with Gasteiger partial charge in [-0.2, -0.15) is 0 Å². The summed E-state index contributed by atoms with van der Waals surface area (Å²) in [6.07, 6.45) is 1.69. The first-order chi connectivity index (χ1) is 11.8. The maximum atomic E-state index is 10.4. The zero-order chi connectivity index (χ0) is 16.8. The molecular weight excluding hydrogens is 300 g/mol. The van der Waals surface area contributed by atoms with Crippen LogP contribution in [-0.4, -0.2) is 37.9 Å². The van der Waals surface area contributed by atoms with Crippen molar-refractivity contribution in [2.45, 2.75) is 25.0 Å². The molecule has 1 fully saturated rings. The predicted molar refractivity (Wildman–Crippen MR) is 97.6 cm³/mol. The zero-order valence-corrected chi connectivity index (χ0v) is 14.2. The maximum absolute atomic E-state index is 10.4. The summed E-state index contributed by atoms with van der Waals surface area (Å²) in [7, 11) is 1.64. The van der Waals surface area contributed by atoms with E-state index in [1.54, 1.807) is 7.11 Å². The summed E-state index contributed by atoms with van der Waals surface area (Å²) in [6.45, 7) is 2.68. The topological polar surface area (TPSA) is 44.7 Å². The number of aliphatic hydroxyl groups is 1. The summed E-state index contributed by atoms with van der Waals surface area (Å²) in [4.78, 5) is 2.43. The van der Waals surface area contributed by atoms with Gasteiger partial charge in [0.25, 0.3) is 0 Å². The summed E-state index contributed by atoms with van der Waals surface area (Å²) < 4.78 is 5.22. The number of hydrogen-bond donors (Lipinski definition) is 2. The molecule has 1 atom stereocenters. The van der Waals surface area contributed by atoms with Gasteiger partial charge in [0.2, 0.25) is 0 Å². The van der Waals surface area contributed by atoms with Gasteiger partial charge in [-0.15, -0.1) is 0 Å². The van der Waals surface area contributed by atoms with Gasteiger partial charge in [-0.1, -0.05) is 30.3 Å². The second-order valence-electron chi connectivity index (χ2n) is 6.30. The minimum Gasteiger partial charge on any atom is -0.497 e. The number of aliphatic hydroxyl groups excluding tert-OH is 1. The molecule has 0 aliphatic carbocycles. The fraction of sp³-hybridized carbons (Fsp3) is 0.400. The molecule has 0 bridgehead atoms. The second kappa shape index (κ2) is 8.18. The predicted octanol–water partition coefficient (Wildman–Crippen LogP) is 2.99. The highest BCUT2D eigenvalue weighted by Crippen LogP contribution is 2.21. The van der Waals surface area contributed by atoms with Crippen LogP contribution in [0, 0.1) is 0 Å². The number of piperidine rings is 1. The fourth-order valence-corrected chi connectivity index (χ4v) is 3.23. The first-order valence-electron chi connectivity index (χ1n) is 8.61. The van der Waals surface area contributed by atoms with Crippen LogP contribution in [0.2, 0.25) is 0 Å². The van der Waals surface area contributed by atoms with E-state index in [-0.39, 0.29) is 0 Å². The van der Waals surface area contributed by atoms with Crippen molar-refractivity contribution in [2.24, 2.45) is 0 Å². The molecule has 1 aliphatic heterocycles. The Morgan fingerprint density at radius 2 is 1.88 bits per heavy atom. The van der Waals surface area contributed by atoms with Crippen molar-refractivity contribution < 1.29 is 9.84 Å². The van der Waals surface area contributed by atoms with E-state index < -0.39 is 6.10 Å². The molecule has 2 aromatic carbocycles. The monoisotopic (exact) mass is 326 g/mol. The van der Waals surface area contributed by atoms with E-state index in [9.17, 15) is 5.11 Å². The van der Waals surface area contributed by atoms with Gasteiger partial charge in [0, 0.05) is 31.4 Å². The van der Waals surface area contributed by atoms with Crippen molar-refractivity contribution >= 4 is 5.69 Å². The van der Waals surface area contributed by atoms with Gasteiger partial charge in [-0.3, -0.25) is 0 Å². The lowest BCUT2D eigenvalue weighted by molar-refractivity contribution is 0.167. The molecule has 128 valence electrons. The highest BCUT2D eigenvalue weighted by molar-refractivity contribution is 5.46. The van der Waals surface area contributed by atoms with Crippen molar-refractivity contribution in [3.8, 4) is 5.75 Å². The molecule has 3 rings (SSSR count). The van der Waals surface area contributed by atoms with Crippen molar-refractivity contribution in [3.63, 3.8) is 0 Å². The molecule has 4 heteroatoms. The van der Waals surface area contributed by atoms with Crippen molar-refractivity contribution in [1.82, 2.24) is 5.32 Å². The van der Waals surface area contributed by atoms with Crippen molar-refractivity contribution in [3.05, 3.63) is 60.2 Å². The van der Waals surface area contributed by atoms with Gasteiger partial charge in [0.1, 0.15) is 5.75 Å². The number of nitrogens with zero attached hydrogens (tertiary/aromatic N) is 1. The van der Waals surface area contributed by atoms with Gasteiger partial charge in [0.15, 0.2) is 0 Å². The molecule has 1 aliphatic rings. The van der Waals surface area contributed by atoms with E-state index in [1.807, 2.05) is 24.3 Å². The number of nitrogens with one attached hydrogen (secondary N) is 1. The Balaban J connectivity index is 1.46. The van der Waals surface area contributed by atoms with Gasteiger partial charge < -0.3 is 20.1 Å². The Labute approximate surface area is 144 Å². The third kappa shape index (κ3) is 4.28. The van der Waals surface area contributed by atoms with Crippen LogP contribution in [0.15, 0.2) is 54.6 Å². The summed E-state index contributed by atoms with van der Waals surface area (Å²) in [5.41, 5.74) is 2.19. The van der Waals surface area contributed by atoms with Gasteiger partial charge in [0.05, 0.1) is 13.2 Å².